The van der Waals surface area contributed by atoms with Crippen LogP contribution in [0.2, 0.25) is 0 Å². The summed E-state index contributed by atoms with van der Waals surface area (Å²) in [6.07, 6.45) is 5.72. The highest BCUT2D eigenvalue weighted by atomic mass is 16.2. The molecule has 8 nitrogen and oxygen atoms in total. The van der Waals surface area contributed by atoms with E-state index in [2.05, 4.69) is 20.1 Å². The summed E-state index contributed by atoms with van der Waals surface area (Å²) in [5.41, 5.74) is 2.64. The Morgan fingerprint density at radius 1 is 1.33 bits per heavy atom. The van der Waals surface area contributed by atoms with Gasteiger partial charge < -0.3 is 9.88 Å². The van der Waals surface area contributed by atoms with Gasteiger partial charge in [-0.1, -0.05) is 0 Å². The molecule has 8 heteroatoms. The van der Waals surface area contributed by atoms with Crippen molar-refractivity contribution in [3.05, 3.63) is 64.2 Å². The number of hydrogen-bond acceptors (Lipinski definition) is 5. The summed E-state index contributed by atoms with van der Waals surface area (Å²) >= 11 is 0. The van der Waals surface area contributed by atoms with Crippen molar-refractivity contribution in [1.29, 1.82) is 0 Å². The number of carbonyl (C=O) groups excluding carboxylic acids is 1. The van der Waals surface area contributed by atoms with Crippen molar-refractivity contribution in [2.75, 3.05) is 13.1 Å². The van der Waals surface area contributed by atoms with Crippen LogP contribution in [0.4, 0.5) is 0 Å². The van der Waals surface area contributed by atoms with Crippen molar-refractivity contribution in [3.8, 4) is 11.3 Å². The van der Waals surface area contributed by atoms with Crippen molar-refractivity contribution in [2.24, 2.45) is 7.05 Å². The third-order valence-corrected chi connectivity index (χ3v) is 5.05. The van der Waals surface area contributed by atoms with Crippen LogP contribution in [0.15, 0.2) is 41.6 Å². The van der Waals surface area contributed by atoms with Gasteiger partial charge in [-0.3, -0.25) is 19.3 Å². The maximum absolute atomic E-state index is 12.8. The Hall–Kier alpha value is -3.29. The Kier molecular flexibility index (Phi) is 4.31. The number of carbonyl (C=O) groups is 1. The van der Waals surface area contributed by atoms with Crippen LogP contribution in [0, 0.1) is 6.92 Å². The molecule has 4 heterocycles. The van der Waals surface area contributed by atoms with E-state index in [0.29, 0.717) is 30.2 Å². The monoisotopic (exact) mass is 364 g/mol. The molecule has 1 atom stereocenters. The molecule has 0 aliphatic carbocycles. The second-order valence-corrected chi connectivity index (χ2v) is 6.76. The van der Waals surface area contributed by atoms with Crippen molar-refractivity contribution in [3.63, 3.8) is 0 Å². The summed E-state index contributed by atoms with van der Waals surface area (Å²) in [5.74, 6) is 0.573. The van der Waals surface area contributed by atoms with E-state index >= 15 is 0 Å². The molecular formula is C19H20N6O2. The van der Waals surface area contributed by atoms with E-state index < -0.39 is 0 Å². The first-order valence-corrected chi connectivity index (χ1v) is 8.82. The molecule has 3 aromatic heterocycles. The lowest BCUT2D eigenvalue weighted by molar-refractivity contribution is 0.0789. The number of H-pyrrole nitrogens is 1. The van der Waals surface area contributed by atoms with E-state index in [1.165, 1.54) is 6.07 Å². The first kappa shape index (κ1) is 17.1. The fourth-order valence-corrected chi connectivity index (χ4v) is 3.38. The summed E-state index contributed by atoms with van der Waals surface area (Å²) in [5, 5.41) is 4.15. The number of likely N-dealkylation sites (tertiary alicyclic amines) is 1. The van der Waals surface area contributed by atoms with Gasteiger partial charge in [0.05, 0.1) is 17.5 Å². The van der Waals surface area contributed by atoms with Crippen LogP contribution < -0.4 is 5.56 Å². The van der Waals surface area contributed by atoms with Gasteiger partial charge in [0.1, 0.15) is 5.82 Å². The number of nitrogens with one attached hydrogen (secondary N) is 1. The van der Waals surface area contributed by atoms with Gasteiger partial charge in [0.15, 0.2) is 0 Å². The number of hydrogen-bond donors (Lipinski definition) is 1. The molecular weight excluding hydrogens is 344 g/mol. The number of aromatic amines is 1. The largest absolute Gasteiger partial charge is 0.338 e. The molecule has 27 heavy (non-hydrogen) atoms. The number of nitrogens with zero attached hydrogens (tertiary/aromatic N) is 5. The Morgan fingerprint density at radius 2 is 2.19 bits per heavy atom. The molecule has 4 rings (SSSR count). The fourth-order valence-electron chi connectivity index (χ4n) is 3.38. The minimum atomic E-state index is -0.202. The molecule has 0 radical (unpaired) electrons. The highest BCUT2D eigenvalue weighted by molar-refractivity contribution is 5.95. The lowest BCUT2D eigenvalue weighted by Crippen LogP contribution is -2.29. The van der Waals surface area contributed by atoms with Crippen LogP contribution in [-0.2, 0) is 7.05 Å². The molecule has 1 fully saturated rings. The topological polar surface area (TPSA) is 96.8 Å². The maximum atomic E-state index is 12.8. The van der Waals surface area contributed by atoms with Gasteiger partial charge in [-0.25, -0.2) is 4.98 Å². The molecule has 0 saturated carbocycles. The second-order valence-electron chi connectivity index (χ2n) is 6.76. The average molecular weight is 364 g/mol. The Balaban J connectivity index is 1.57. The van der Waals surface area contributed by atoms with Gasteiger partial charge in [-0.2, -0.15) is 5.10 Å². The first-order chi connectivity index (χ1) is 13.0. The van der Waals surface area contributed by atoms with Gasteiger partial charge in [-0.15, -0.1) is 0 Å². The molecule has 3 aromatic rings. The van der Waals surface area contributed by atoms with Crippen molar-refractivity contribution in [1.82, 2.24) is 29.6 Å². The zero-order chi connectivity index (χ0) is 19.0. The van der Waals surface area contributed by atoms with Crippen LogP contribution in [0.1, 0.15) is 34.2 Å². The first-order valence-electron chi connectivity index (χ1n) is 8.82. The minimum absolute atomic E-state index is 0.00440. The molecule has 1 N–H and O–H groups in total. The average Bonchev–Trinajstić information content (AvgIpc) is 3.29. The van der Waals surface area contributed by atoms with Gasteiger partial charge in [0.2, 0.25) is 0 Å². The maximum Gasteiger partial charge on any atom is 0.257 e. The number of pyridine rings is 1. The van der Waals surface area contributed by atoms with Crippen molar-refractivity contribution >= 4 is 5.91 Å². The predicted octanol–water partition coefficient (Wildman–Crippen LogP) is 1.50. The number of aryl methyl sites for hydroxylation is 1. The van der Waals surface area contributed by atoms with E-state index in [1.807, 2.05) is 26.1 Å². The molecule has 0 aromatic carbocycles. The molecule has 1 unspecified atom stereocenters. The smallest absolute Gasteiger partial charge is 0.257 e. The summed E-state index contributed by atoms with van der Waals surface area (Å²) in [4.78, 5) is 38.2. The fraction of sp³-hybridized carbons (Fsp3) is 0.316. The number of aromatic nitrogens is 5. The third kappa shape index (κ3) is 3.25. The van der Waals surface area contributed by atoms with Gasteiger partial charge in [0, 0.05) is 55.8 Å². The van der Waals surface area contributed by atoms with E-state index in [4.69, 9.17) is 0 Å². The molecule has 1 aliphatic heterocycles. The highest BCUT2D eigenvalue weighted by Crippen LogP contribution is 2.27. The molecule has 0 bridgehead atoms. The lowest BCUT2D eigenvalue weighted by atomic mass is 10.1. The zero-order valence-corrected chi connectivity index (χ0v) is 15.2. The molecule has 0 spiro atoms. The zero-order valence-electron chi connectivity index (χ0n) is 15.2. The minimum Gasteiger partial charge on any atom is -0.338 e. The highest BCUT2D eigenvalue weighted by Gasteiger charge is 2.31. The van der Waals surface area contributed by atoms with Crippen LogP contribution in [-0.4, -0.2) is 48.6 Å². The van der Waals surface area contributed by atoms with Crippen LogP contribution in [0.5, 0.6) is 0 Å². The van der Waals surface area contributed by atoms with E-state index in [0.717, 1.165) is 17.7 Å². The Morgan fingerprint density at radius 3 is 2.89 bits per heavy atom. The summed E-state index contributed by atoms with van der Waals surface area (Å²) in [6, 6.07) is 5.15. The van der Waals surface area contributed by atoms with Gasteiger partial charge in [-0.05, 0) is 25.5 Å². The third-order valence-electron chi connectivity index (χ3n) is 5.05. The Labute approximate surface area is 155 Å². The second kappa shape index (κ2) is 6.79. The molecule has 1 saturated heterocycles. The Bertz CT molecular complexity index is 1040. The number of amides is 1. The molecule has 1 amide bonds. The summed E-state index contributed by atoms with van der Waals surface area (Å²) in [6.45, 7) is 3.02. The van der Waals surface area contributed by atoms with Gasteiger partial charge >= 0.3 is 0 Å². The standard InChI is InChI=1S/C19H20N6O2/c1-12-15(10-21-24(12)2)19(27)25-7-5-14(11-25)18-22-16(8-17(26)23-18)13-4-3-6-20-9-13/h3-4,6,8-10,14H,5,7,11H2,1-2H3,(H,22,23,26). The quantitative estimate of drug-likeness (QED) is 0.760. The van der Waals surface area contributed by atoms with E-state index in [-0.39, 0.29) is 17.4 Å². The SMILES string of the molecule is Cc1c(C(=O)N2CCC(c3nc(-c4cccnc4)cc(=O)[nH]3)C2)cnn1C. The molecule has 1 aliphatic rings. The lowest BCUT2D eigenvalue weighted by Gasteiger charge is -2.16. The van der Waals surface area contributed by atoms with Crippen LogP contribution >= 0.6 is 0 Å². The van der Waals surface area contributed by atoms with E-state index in [1.54, 1.807) is 28.2 Å². The van der Waals surface area contributed by atoms with Crippen LogP contribution in [0.3, 0.4) is 0 Å². The predicted molar refractivity (Wildman–Crippen MR) is 99.3 cm³/mol. The molecule has 138 valence electrons. The van der Waals surface area contributed by atoms with Crippen molar-refractivity contribution < 1.29 is 4.79 Å². The summed E-state index contributed by atoms with van der Waals surface area (Å²) in [7, 11) is 1.82. The normalized spacial score (nSPS) is 16.7. The summed E-state index contributed by atoms with van der Waals surface area (Å²) < 4.78 is 1.69. The van der Waals surface area contributed by atoms with Crippen molar-refractivity contribution in [2.45, 2.75) is 19.3 Å². The van der Waals surface area contributed by atoms with Gasteiger partial charge in [0.25, 0.3) is 11.5 Å². The van der Waals surface area contributed by atoms with E-state index in [9.17, 15) is 9.59 Å². The number of rotatable bonds is 3. The van der Waals surface area contributed by atoms with Crippen LogP contribution in [0.25, 0.3) is 11.3 Å².